The number of Topliss-reactive ketones (excluding diaryl/α,β-unsaturated/α-hetero) is 1. The van der Waals surface area contributed by atoms with E-state index in [-0.39, 0.29) is 15.4 Å². The second-order valence-corrected chi connectivity index (χ2v) is 4.94. The zero-order valence-electron chi connectivity index (χ0n) is 10.4. The highest BCUT2D eigenvalue weighted by molar-refractivity contribution is 7.17. The first-order valence-corrected chi connectivity index (χ1v) is 6.50. The largest absolute Gasteiger partial charge is 0.453 e. The van der Waals surface area contributed by atoms with Crippen molar-refractivity contribution in [3.63, 3.8) is 0 Å². The van der Waals surface area contributed by atoms with Crippen LogP contribution in [0.3, 0.4) is 0 Å². The molecule has 0 saturated heterocycles. The number of thiophene rings is 1. The lowest BCUT2D eigenvalue weighted by Gasteiger charge is -2.03. The molecule has 0 amide bonds. The Bertz CT molecular complexity index is 712. The van der Waals surface area contributed by atoms with Gasteiger partial charge in [-0.2, -0.15) is 0 Å². The highest BCUT2D eigenvalue weighted by Gasteiger charge is 2.18. The van der Waals surface area contributed by atoms with E-state index in [4.69, 9.17) is 4.74 Å². The van der Waals surface area contributed by atoms with Crippen molar-refractivity contribution in [1.82, 2.24) is 0 Å². The third-order valence-electron chi connectivity index (χ3n) is 2.48. The highest BCUT2D eigenvalue weighted by atomic mass is 32.1. The first kappa shape index (κ1) is 14.8. The Balaban J connectivity index is 1.99. The van der Waals surface area contributed by atoms with Gasteiger partial charge in [-0.15, -0.1) is 0 Å². The Hall–Kier alpha value is -2.61. The average Bonchev–Trinajstić information content (AvgIpc) is 2.95. The van der Waals surface area contributed by atoms with Crippen LogP contribution in [0, 0.1) is 15.9 Å². The molecule has 0 unspecified atom stereocenters. The number of carbonyl (C=O) groups excluding carboxylic acids is 2. The van der Waals surface area contributed by atoms with E-state index in [0.717, 1.165) is 6.07 Å². The molecule has 0 atom stereocenters. The monoisotopic (exact) mass is 309 g/mol. The first-order chi connectivity index (χ1) is 9.99. The van der Waals surface area contributed by atoms with Crippen LogP contribution in [0.15, 0.2) is 36.4 Å². The maximum absolute atomic E-state index is 13.3. The summed E-state index contributed by atoms with van der Waals surface area (Å²) in [4.78, 5) is 33.2. The molecule has 0 bridgehead atoms. The van der Waals surface area contributed by atoms with Crippen molar-refractivity contribution in [1.29, 1.82) is 0 Å². The summed E-state index contributed by atoms with van der Waals surface area (Å²) in [7, 11) is 0. The topological polar surface area (TPSA) is 86.5 Å². The lowest BCUT2D eigenvalue weighted by Crippen LogP contribution is -2.14. The van der Waals surface area contributed by atoms with Crippen LogP contribution in [0.25, 0.3) is 0 Å². The van der Waals surface area contributed by atoms with Crippen molar-refractivity contribution >= 4 is 28.1 Å². The zero-order valence-corrected chi connectivity index (χ0v) is 11.3. The molecule has 0 aliphatic carbocycles. The summed E-state index contributed by atoms with van der Waals surface area (Å²) in [5.74, 6) is -2.25. The van der Waals surface area contributed by atoms with Gasteiger partial charge in [0.05, 0.1) is 10.5 Å². The van der Waals surface area contributed by atoms with Crippen molar-refractivity contribution in [2.24, 2.45) is 0 Å². The number of esters is 1. The number of hydrogen-bond donors (Lipinski definition) is 0. The fraction of sp³-hybridized carbons (Fsp3) is 0.0769. The minimum Gasteiger partial charge on any atom is -0.453 e. The van der Waals surface area contributed by atoms with Gasteiger partial charge >= 0.3 is 11.0 Å². The molecule has 1 aromatic heterocycles. The Kier molecular flexibility index (Phi) is 4.39. The summed E-state index contributed by atoms with van der Waals surface area (Å²) in [6.45, 7) is -0.633. The fourth-order valence-corrected chi connectivity index (χ4v) is 2.22. The molecule has 108 valence electrons. The minimum absolute atomic E-state index is 0.00281. The van der Waals surface area contributed by atoms with Gasteiger partial charge in [-0.25, -0.2) is 9.18 Å². The maximum atomic E-state index is 13.3. The van der Waals surface area contributed by atoms with Crippen LogP contribution >= 0.6 is 11.3 Å². The molecule has 0 aliphatic rings. The van der Waals surface area contributed by atoms with Gasteiger partial charge in [0.2, 0.25) is 5.78 Å². The van der Waals surface area contributed by atoms with Crippen LogP contribution < -0.4 is 0 Å². The Labute approximate surface area is 121 Å². The number of halogens is 1. The summed E-state index contributed by atoms with van der Waals surface area (Å²) in [5, 5.41) is 10.3. The predicted molar refractivity (Wildman–Crippen MR) is 72.0 cm³/mol. The van der Waals surface area contributed by atoms with Gasteiger partial charge in [0, 0.05) is 6.07 Å². The third kappa shape index (κ3) is 3.48. The predicted octanol–water partition coefficient (Wildman–Crippen LogP) is 2.84. The van der Waals surface area contributed by atoms with Gasteiger partial charge < -0.3 is 4.74 Å². The number of ketones is 1. The molecule has 2 rings (SSSR count). The number of nitro groups is 1. The molecule has 6 nitrogen and oxygen atoms in total. The summed E-state index contributed by atoms with van der Waals surface area (Å²) in [5.41, 5.74) is -0.178. The van der Waals surface area contributed by atoms with E-state index in [9.17, 15) is 24.1 Å². The van der Waals surface area contributed by atoms with E-state index in [1.165, 1.54) is 30.3 Å². The SMILES string of the molecule is O=C(OCC(=O)c1ccccc1F)c1ccc([N+](=O)[O-])s1. The zero-order chi connectivity index (χ0) is 15.4. The molecule has 1 heterocycles. The second kappa shape index (κ2) is 6.23. The third-order valence-corrected chi connectivity index (χ3v) is 3.50. The lowest BCUT2D eigenvalue weighted by molar-refractivity contribution is -0.380. The molecular weight excluding hydrogens is 301 g/mol. The van der Waals surface area contributed by atoms with Gasteiger partial charge in [-0.1, -0.05) is 23.5 Å². The smallest absolute Gasteiger partial charge is 0.349 e. The molecule has 0 aliphatic heterocycles. The maximum Gasteiger partial charge on any atom is 0.349 e. The van der Waals surface area contributed by atoms with Gasteiger partial charge in [-0.3, -0.25) is 14.9 Å². The van der Waals surface area contributed by atoms with Crippen LogP contribution in [0.2, 0.25) is 0 Å². The standard InChI is InChI=1S/C13H8FNO5S/c14-9-4-2-1-3-8(9)10(16)7-20-13(17)11-5-6-12(21-11)15(18)19/h1-6H,7H2. The van der Waals surface area contributed by atoms with E-state index in [0.29, 0.717) is 11.3 Å². The van der Waals surface area contributed by atoms with E-state index in [1.807, 2.05) is 0 Å². The van der Waals surface area contributed by atoms with Crippen LogP contribution in [0.5, 0.6) is 0 Å². The number of benzene rings is 1. The quantitative estimate of drug-likeness (QED) is 0.367. The molecule has 0 spiro atoms. The number of hydrogen-bond acceptors (Lipinski definition) is 6. The van der Waals surface area contributed by atoms with Gasteiger partial charge in [0.15, 0.2) is 6.61 Å². The molecule has 0 radical (unpaired) electrons. The van der Waals surface area contributed by atoms with Crippen LogP contribution in [-0.4, -0.2) is 23.3 Å². The molecule has 2 aromatic rings. The molecule has 0 saturated carbocycles. The minimum atomic E-state index is -0.863. The summed E-state index contributed by atoms with van der Waals surface area (Å²) < 4.78 is 18.1. The number of nitrogens with zero attached hydrogens (tertiary/aromatic N) is 1. The summed E-state index contributed by atoms with van der Waals surface area (Å²) in [6.07, 6.45) is 0. The lowest BCUT2D eigenvalue weighted by atomic mass is 10.1. The molecule has 0 fully saturated rings. The van der Waals surface area contributed by atoms with Crippen LogP contribution in [0.4, 0.5) is 9.39 Å². The van der Waals surface area contributed by atoms with Crippen LogP contribution in [-0.2, 0) is 4.74 Å². The van der Waals surface area contributed by atoms with Crippen molar-refractivity contribution in [3.8, 4) is 0 Å². The Morgan fingerprint density at radius 3 is 2.57 bits per heavy atom. The Morgan fingerprint density at radius 2 is 1.95 bits per heavy atom. The molecule has 21 heavy (non-hydrogen) atoms. The van der Waals surface area contributed by atoms with Crippen molar-refractivity contribution in [2.45, 2.75) is 0 Å². The Morgan fingerprint density at radius 1 is 1.24 bits per heavy atom. The molecule has 1 aromatic carbocycles. The molecule has 0 N–H and O–H groups in total. The van der Waals surface area contributed by atoms with E-state index in [2.05, 4.69) is 0 Å². The first-order valence-electron chi connectivity index (χ1n) is 5.68. The van der Waals surface area contributed by atoms with Crippen LogP contribution in [0.1, 0.15) is 20.0 Å². The number of rotatable bonds is 5. The molecule has 8 heteroatoms. The van der Waals surface area contributed by atoms with Crippen molar-refractivity contribution in [2.75, 3.05) is 6.61 Å². The van der Waals surface area contributed by atoms with E-state index in [1.54, 1.807) is 0 Å². The second-order valence-electron chi connectivity index (χ2n) is 3.87. The number of ether oxygens (including phenoxy) is 1. The van der Waals surface area contributed by atoms with Gasteiger partial charge in [-0.05, 0) is 18.2 Å². The van der Waals surface area contributed by atoms with Crippen molar-refractivity contribution < 1.29 is 23.6 Å². The summed E-state index contributed by atoms with van der Waals surface area (Å²) >= 11 is 0.641. The van der Waals surface area contributed by atoms with Crippen molar-refractivity contribution in [3.05, 3.63) is 62.8 Å². The summed E-state index contributed by atoms with van der Waals surface area (Å²) in [6, 6.07) is 7.72. The highest BCUT2D eigenvalue weighted by Crippen LogP contribution is 2.24. The van der Waals surface area contributed by atoms with Gasteiger partial charge in [0.1, 0.15) is 10.7 Å². The number of carbonyl (C=O) groups is 2. The van der Waals surface area contributed by atoms with Gasteiger partial charge in [0.25, 0.3) is 0 Å². The molecular formula is C13H8FNO5S. The van der Waals surface area contributed by atoms with E-state index >= 15 is 0 Å². The average molecular weight is 309 g/mol. The van der Waals surface area contributed by atoms with E-state index < -0.39 is 29.1 Å². The fourth-order valence-electron chi connectivity index (χ4n) is 1.50. The normalized spacial score (nSPS) is 10.1.